The number of rotatable bonds is 6. The molecular formula is C24H45N3P+. The second-order valence-electron chi connectivity index (χ2n) is 10.2. The summed E-state index contributed by atoms with van der Waals surface area (Å²) in [5.41, 5.74) is 0. The summed E-state index contributed by atoms with van der Waals surface area (Å²) in [7, 11) is -0.882. The average Bonchev–Trinajstić information content (AvgIpc) is 2.77. The number of nitrogens with one attached hydrogen (secondary N) is 1. The zero-order valence-corrected chi connectivity index (χ0v) is 19.2. The lowest BCUT2D eigenvalue weighted by Gasteiger charge is -2.41. The number of hydrogen-bond donors (Lipinski definition) is 1. The van der Waals surface area contributed by atoms with Crippen molar-refractivity contribution in [2.45, 2.75) is 153 Å². The normalized spacial score (nSPS) is 27.5. The van der Waals surface area contributed by atoms with Gasteiger partial charge in [-0.05, 0) is 51.4 Å². The average molecular weight is 407 g/mol. The van der Waals surface area contributed by atoms with Gasteiger partial charge in [-0.15, -0.1) is 0 Å². The van der Waals surface area contributed by atoms with Gasteiger partial charge in [0.15, 0.2) is 0 Å². The van der Waals surface area contributed by atoms with E-state index in [1.807, 2.05) is 0 Å². The highest BCUT2D eigenvalue weighted by atomic mass is 31.1. The van der Waals surface area contributed by atoms with Gasteiger partial charge in [-0.3, -0.25) is 0 Å². The molecule has 4 rings (SSSR count). The lowest BCUT2D eigenvalue weighted by molar-refractivity contribution is 0.135. The first-order chi connectivity index (χ1) is 13.8. The zero-order valence-electron chi connectivity index (χ0n) is 18.3. The molecule has 0 aromatic heterocycles. The van der Waals surface area contributed by atoms with E-state index in [0.717, 1.165) is 24.2 Å². The molecule has 4 aliphatic carbocycles. The fraction of sp³-hybridized carbons (Fsp3) is 1.00. The molecule has 4 heteroatoms. The lowest BCUT2D eigenvalue weighted by atomic mass is 9.91. The van der Waals surface area contributed by atoms with Crippen molar-refractivity contribution in [1.29, 1.82) is 5.16 Å². The second kappa shape index (κ2) is 10.9. The third kappa shape index (κ3) is 5.19. The van der Waals surface area contributed by atoms with Crippen LogP contribution in [0.4, 0.5) is 0 Å². The summed E-state index contributed by atoms with van der Waals surface area (Å²) in [5.74, 6) is 0. The Bertz CT molecular complexity index is 394. The molecule has 0 aromatic rings. The first kappa shape index (κ1) is 21.3. The van der Waals surface area contributed by atoms with Gasteiger partial charge in [0.25, 0.3) is 0 Å². The molecule has 0 bridgehead atoms. The summed E-state index contributed by atoms with van der Waals surface area (Å²) in [6.07, 6.45) is 28.0. The van der Waals surface area contributed by atoms with Gasteiger partial charge in [-0.2, -0.15) is 0 Å². The maximum Gasteiger partial charge on any atom is 0.397 e. The van der Waals surface area contributed by atoms with E-state index < -0.39 is 8.01 Å². The van der Waals surface area contributed by atoms with Crippen LogP contribution in [0.3, 0.4) is 0 Å². The van der Waals surface area contributed by atoms with Crippen LogP contribution in [0.5, 0.6) is 0 Å². The van der Waals surface area contributed by atoms with E-state index in [2.05, 4.69) is 9.34 Å². The van der Waals surface area contributed by atoms with Crippen molar-refractivity contribution in [2.75, 3.05) is 0 Å². The molecule has 0 unspecified atom stereocenters. The van der Waals surface area contributed by atoms with Gasteiger partial charge < -0.3 is 0 Å². The molecule has 3 nitrogen and oxygen atoms in total. The fourth-order valence-electron chi connectivity index (χ4n) is 6.72. The van der Waals surface area contributed by atoms with Crippen molar-refractivity contribution >= 4 is 8.01 Å². The molecule has 4 saturated carbocycles. The van der Waals surface area contributed by atoms with Crippen LogP contribution >= 0.6 is 8.01 Å². The summed E-state index contributed by atoms with van der Waals surface area (Å²) >= 11 is 0. The molecule has 0 spiro atoms. The van der Waals surface area contributed by atoms with Crippen LogP contribution in [-0.2, 0) is 0 Å². The van der Waals surface area contributed by atoms with E-state index in [4.69, 9.17) is 0 Å². The van der Waals surface area contributed by atoms with Crippen LogP contribution in [0.15, 0.2) is 0 Å². The van der Waals surface area contributed by atoms with E-state index in [1.165, 1.54) is 128 Å². The molecule has 0 radical (unpaired) electrons. The zero-order chi connectivity index (χ0) is 19.2. The van der Waals surface area contributed by atoms with Crippen LogP contribution in [0.2, 0.25) is 0 Å². The van der Waals surface area contributed by atoms with Crippen LogP contribution in [0, 0.1) is 5.16 Å². The maximum atomic E-state index is 9.75. The summed E-state index contributed by atoms with van der Waals surface area (Å²) in [6, 6.07) is 2.87. The maximum absolute atomic E-state index is 9.75. The molecule has 28 heavy (non-hydrogen) atoms. The Balaban J connectivity index is 1.57. The molecule has 0 amide bonds. The molecule has 4 aliphatic rings. The minimum Gasteiger partial charge on any atom is -0.0899 e. The molecule has 0 heterocycles. The Morgan fingerprint density at radius 2 is 0.607 bits per heavy atom. The van der Waals surface area contributed by atoms with E-state index in [1.54, 1.807) is 0 Å². The van der Waals surface area contributed by atoms with Gasteiger partial charge in [0, 0.05) is 0 Å². The smallest absolute Gasteiger partial charge is 0.0899 e. The highest BCUT2D eigenvalue weighted by Crippen LogP contribution is 2.49. The van der Waals surface area contributed by atoms with E-state index >= 15 is 0 Å². The monoisotopic (exact) mass is 406 g/mol. The Labute approximate surface area is 175 Å². The largest absolute Gasteiger partial charge is 0.397 e. The summed E-state index contributed by atoms with van der Waals surface area (Å²) < 4.78 is 5.72. The third-order valence-corrected chi connectivity index (χ3v) is 10.4. The molecule has 4 fully saturated rings. The summed E-state index contributed by atoms with van der Waals surface area (Å²) in [6.45, 7) is 0. The number of nitrogens with zero attached hydrogens (tertiary/aromatic N) is 2. The van der Waals surface area contributed by atoms with Crippen LogP contribution in [0.25, 0.3) is 0 Å². The van der Waals surface area contributed by atoms with Gasteiger partial charge in [-0.25, -0.2) is 0 Å². The minimum atomic E-state index is -0.882. The molecule has 0 aromatic carbocycles. The molecule has 0 atom stereocenters. The van der Waals surface area contributed by atoms with E-state index in [0.29, 0.717) is 0 Å². The Kier molecular flexibility index (Phi) is 8.25. The van der Waals surface area contributed by atoms with Gasteiger partial charge >= 0.3 is 8.01 Å². The van der Waals surface area contributed by atoms with Crippen LogP contribution < -0.4 is 0 Å². The van der Waals surface area contributed by atoms with Crippen molar-refractivity contribution in [2.24, 2.45) is 0 Å². The van der Waals surface area contributed by atoms with Crippen LogP contribution in [-0.4, -0.2) is 33.5 Å². The molecule has 0 aliphatic heterocycles. The lowest BCUT2D eigenvalue weighted by Crippen LogP contribution is -2.48. The molecule has 0 saturated heterocycles. The van der Waals surface area contributed by atoms with Crippen molar-refractivity contribution in [3.63, 3.8) is 0 Å². The van der Waals surface area contributed by atoms with Gasteiger partial charge in [0.1, 0.15) is 0 Å². The van der Waals surface area contributed by atoms with Gasteiger partial charge in [0.05, 0.1) is 24.2 Å². The second-order valence-corrected chi connectivity index (χ2v) is 11.7. The predicted octanol–water partition coefficient (Wildman–Crippen LogP) is 8.00. The Morgan fingerprint density at radius 3 is 0.821 bits per heavy atom. The van der Waals surface area contributed by atoms with Crippen molar-refractivity contribution < 1.29 is 0 Å². The molecule has 1 N–H and O–H groups in total. The minimum absolute atomic E-state index is 0.718. The van der Waals surface area contributed by atoms with E-state index in [9.17, 15) is 5.16 Å². The van der Waals surface area contributed by atoms with Crippen molar-refractivity contribution in [3.8, 4) is 0 Å². The highest BCUT2D eigenvalue weighted by Gasteiger charge is 2.47. The molecular weight excluding hydrogens is 361 g/mol. The summed E-state index contributed by atoms with van der Waals surface area (Å²) in [5, 5.41) is 9.75. The van der Waals surface area contributed by atoms with Gasteiger partial charge in [-0.1, -0.05) is 91.6 Å². The Hall–Kier alpha value is 0.0200. The highest BCUT2D eigenvalue weighted by molar-refractivity contribution is 7.40. The standard InChI is InChI=1S/C24H45N3P/c25-28(26(21-13-5-1-6-14-21)22-15-7-2-8-16-22)27(23-17-9-3-10-18-23)24-19-11-4-12-20-24/h21-25H,1-20H2/q+1. The van der Waals surface area contributed by atoms with Gasteiger partial charge in [0.2, 0.25) is 0 Å². The third-order valence-electron chi connectivity index (χ3n) is 8.23. The van der Waals surface area contributed by atoms with Crippen LogP contribution in [0.1, 0.15) is 128 Å². The molecule has 160 valence electrons. The predicted molar refractivity (Wildman–Crippen MR) is 121 cm³/mol. The topological polar surface area (TPSA) is 30.3 Å². The van der Waals surface area contributed by atoms with E-state index in [-0.39, 0.29) is 0 Å². The summed E-state index contributed by atoms with van der Waals surface area (Å²) in [4.78, 5) is 0. The number of hydrogen-bond acceptors (Lipinski definition) is 1. The fourth-order valence-corrected chi connectivity index (χ4v) is 9.12. The SMILES string of the molecule is N=[P+](N(C1CCCCC1)C1CCCCC1)N(C1CCCCC1)C1CCCCC1. The van der Waals surface area contributed by atoms with Crippen molar-refractivity contribution in [1.82, 2.24) is 9.34 Å². The first-order valence-electron chi connectivity index (χ1n) is 12.9. The quantitative estimate of drug-likeness (QED) is 0.453. The first-order valence-corrected chi connectivity index (χ1v) is 14.2. The Morgan fingerprint density at radius 1 is 0.393 bits per heavy atom. The van der Waals surface area contributed by atoms with Crippen molar-refractivity contribution in [3.05, 3.63) is 0 Å².